The van der Waals surface area contributed by atoms with Gasteiger partial charge in [0.2, 0.25) is 0 Å². The number of nitrogens with one attached hydrogen (secondary N) is 2. The third-order valence-electron chi connectivity index (χ3n) is 0.285. The van der Waals surface area contributed by atoms with Gasteiger partial charge < -0.3 is 0 Å². The Kier molecular flexibility index (Phi) is 3.33. The smallest absolute Gasteiger partial charge is 0.194 e. The van der Waals surface area contributed by atoms with E-state index in [1.54, 1.807) is 0 Å². The Morgan fingerprint density at radius 2 is 1.00 bits per heavy atom. The Bertz CT molecular complexity index is 255. The highest BCUT2D eigenvalue weighted by atomic mass is 35.7. The van der Waals surface area contributed by atoms with Gasteiger partial charge in [-0.05, 0) is 0 Å². The molecule has 0 saturated carbocycles. The Hall–Kier alpha value is 0.400. The fourth-order valence-electron chi connectivity index (χ4n) is 0.0995. The number of halogens is 2. The SMILES string of the molecule is O=S(=O)(Cl)NNS(=O)(=O)Cl. The van der Waals surface area contributed by atoms with E-state index in [2.05, 4.69) is 21.4 Å². The maximum atomic E-state index is 9.95. The third kappa shape index (κ3) is 8.40. The molecule has 0 atom stereocenters. The van der Waals surface area contributed by atoms with Gasteiger partial charge in [-0.25, -0.2) is 0 Å². The van der Waals surface area contributed by atoms with Crippen molar-refractivity contribution in [3.05, 3.63) is 0 Å². The molecular weight excluding hydrogens is 227 g/mol. The monoisotopic (exact) mass is 228 g/mol. The van der Waals surface area contributed by atoms with Crippen LogP contribution in [-0.2, 0) is 18.5 Å². The van der Waals surface area contributed by atoms with E-state index in [4.69, 9.17) is 0 Å². The number of rotatable bonds is 3. The maximum Gasteiger partial charge on any atom is 0.310 e. The Morgan fingerprint density at radius 3 is 1.10 bits per heavy atom. The Morgan fingerprint density at radius 1 is 0.800 bits per heavy atom. The molecule has 0 aromatic carbocycles. The average molecular weight is 229 g/mol. The van der Waals surface area contributed by atoms with Crippen LogP contribution in [0.3, 0.4) is 0 Å². The summed E-state index contributed by atoms with van der Waals surface area (Å²) in [5.74, 6) is 0. The lowest BCUT2D eigenvalue weighted by molar-refractivity contribution is 0.574. The maximum absolute atomic E-state index is 9.95. The standard InChI is InChI=1S/Cl2H2N2O4S2/c1-9(5,6)3-4-10(2,7)8/h3-4H. The van der Waals surface area contributed by atoms with Gasteiger partial charge in [0.05, 0.1) is 0 Å². The van der Waals surface area contributed by atoms with Crippen LogP contribution in [0.4, 0.5) is 0 Å². The molecule has 0 bridgehead atoms. The summed E-state index contributed by atoms with van der Waals surface area (Å²) in [6.07, 6.45) is 0. The first kappa shape index (κ1) is 10.4. The lowest BCUT2D eigenvalue weighted by Crippen LogP contribution is -2.36. The summed E-state index contributed by atoms with van der Waals surface area (Å²) < 4.78 is 39.8. The lowest BCUT2D eigenvalue weighted by atomic mass is 13.0. The van der Waals surface area contributed by atoms with Crippen LogP contribution in [0.5, 0.6) is 0 Å². The second kappa shape index (κ2) is 3.20. The van der Waals surface area contributed by atoms with Gasteiger partial charge in [-0.15, -0.1) is 9.66 Å². The van der Waals surface area contributed by atoms with Crippen LogP contribution in [0.2, 0.25) is 0 Å². The normalized spacial score (nSPS) is 13.4. The second-order valence-electron chi connectivity index (χ2n) is 1.08. The first-order valence-corrected chi connectivity index (χ1v) is 6.25. The fourth-order valence-corrected chi connectivity index (χ4v) is 1.46. The molecule has 0 aliphatic carbocycles. The van der Waals surface area contributed by atoms with E-state index in [-0.39, 0.29) is 0 Å². The minimum absolute atomic E-state index is 1.23. The van der Waals surface area contributed by atoms with Gasteiger partial charge in [0.25, 0.3) is 0 Å². The van der Waals surface area contributed by atoms with Gasteiger partial charge in [0, 0.05) is 21.4 Å². The number of hydrogen-bond donors (Lipinski definition) is 2. The summed E-state index contributed by atoms with van der Waals surface area (Å²) in [6.45, 7) is 0. The molecule has 0 unspecified atom stereocenters. The molecule has 2 N–H and O–H groups in total. The molecule has 0 radical (unpaired) electrons. The zero-order valence-electron chi connectivity index (χ0n) is 4.21. The van der Waals surface area contributed by atoms with Crippen LogP contribution >= 0.6 is 21.4 Å². The molecule has 0 aromatic heterocycles. The first-order chi connectivity index (χ1) is 4.21. The van der Waals surface area contributed by atoms with E-state index >= 15 is 0 Å². The molecule has 62 valence electrons. The molecule has 0 amide bonds. The molecule has 6 nitrogen and oxygen atoms in total. The molecule has 0 fully saturated rings. The predicted octanol–water partition coefficient (Wildman–Crippen LogP) is -0.952. The van der Waals surface area contributed by atoms with Crippen molar-refractivity contribution in [3.63, 3.8) is 0 Å². The van der Waals surface area contributed by atoms with Crippen molar-refractivity contribution in [3.8, 4) is 0 Å². The van der Waals surface area contributed by atoms with Crippen LogP contribution in [0.25, 0.3) is 0 Å². The van der Waals surface area contributed by atoms with Gasteiger partial charge in [0.15, 0.2) is 0 Å². The van der Waals surface area contributed by atoms with Gasteiger partial charge in [0.1, 0.15) is 0 Å². The van der Waals surface area contributed by atoms with Gasteiger partial charge in [-0.1, -0.05) is 0 Å². The lowest BCUT2D eigenvalue weighted by Gasteiger charge is -1.96. The zero-order chi connectivity index (χ0) is 8.41. The van der Waals surface area contributed by atoms with Crippen molar-refractivity contribution in [2.75, 3.05) is 0 Å². The van der Waals surface area contributed by atoms with Gasteiger partial charge in [-0.2, -0.15) is 16.8 Å². The quantitative estimate of drug-likeness (QED) is 0.482. The van der Waals surface area contributed by atoms with Crippen LogP contribution < -0.4 is 9.66 Å². The summed E-state index contributed by atoms with van der Waals surface area (Å²) in [6, 6.07) is 0. The Labute approximate surface area is 66.6 Å². The molecule has 0 spiro atoms. The summed E-state index contributed by atoms with van der Waals surface area (Å²) in [5, 5.41) is 0. The highest BCUT2D eigenvalue weighted by molar-refractivity contribution is 8.14. The van der Waals surface area contributed by atoms with E-state index in [1.165, 1.54) is 9.66 Å². The van der Waals surface area contributed by atoms with Gasteiger partial charge in [-0.3, -0.25) is 0 Å². The minimum Gasteiger partial charge on any atom is -0.194 e. The van der Waals surface area contributed by atoms with E-state index in [9.17, 15) is 16.8 Å². The van der Waals surface area contributed by atoms with Crippen LogP contribution in [0.15, 0.2) is 0 Å². The molecule has 0 saturated heterocycles. The Balaban J connectivity index is 4.05. The predicted molar refractivity (Wildman–Crippen MR) is 35.8 cm³/mol. The molecule has 10 heavy (non-hydrogen) atoms. The molecule has 10 heteroatoms. The summed E-state index contributed by atoms with van der Waals surface area (Å²) >= 11 is 0. The van der Waals surface area contributed by atoms with Crippen molar-refractivity contribution in [2.45, 2.75) is 0 Å². The molecule has 0 rings (SSSR count). The highest BCUT2D eigenvalue weighted by Crippen LogP contribution is 1.90. The third-order valence-corrected chi connectivity index (χ3v) is 1.57. The summed E-state index contributed by atoms with van der Waals surface area (Å²) in [4.78, 5) is 2.46. The van der Waals surface area contributed by atoms with Crippen molar-refractivity contribution >= 4 is 39.8 Å². The van der Waals surface area contributed by atoms with Crippen LogP contribution in [-0.4, -0.2) is 16.8 Å². The van der Waals surface area contributed by atoms with Crippen molar-refractivity contribution in [1.82, 2.24) is 9.66 Å². The van der Waals surface area contributed by atoms with Crippen LogP contribution in [0.1, 0.15) is 0 Å². The molecule has 0 aliphatic heterocycles. The number of hydrazine groups is 1. The number of hydrogen-bond acceptors (Lipinski definition) is 4. The fraction of sp³-hybridized carbons (Fsp3) is 0. The minimum atomic E-state index is -4.11. The van der Waals surface area contributed by atoms with E-state index < -0.39 is 18.5 Å². The molecule has 0 aliphatic rings. The van der Waals surface area contributed by atoms with Crippen LogP contribution in [0, 0.1) is 0 Å². The molecule has 0 heterocycles. The van der Waals surface area contributed by atoms with E-state index in [1.807, 2.05) is 0 Å². The molecular formula is H2Cl2N2O4S2. The largest absolute Gasteiger partial charge is 0.310 e. The topological polar surface area (TPSA) is 92.3 Å². The first-order valence-electron chi connectivity index (χ1n) is 1.63. The van der Waals surface area contributed by atoms with Crippen molar-refractivity contribution < 1.29 is 16.8 Å². The zero-order valence-corrected chi connectivity index (χ0v) is 7.35. The average Bonchev–Trinajstić information content (AvgIpc) is 1.57. The van der Waals surface area contributed by atoms with Crippen molar-refractivity contribution in [1.29, 1.82) is 0 Å². The summed E-state index contributed by atoms with van der Waals surface area (Å²) in [7, 11) is 0.810. The highest BCUT2D eigenvalue weighted by Gasteiger charge is 2.08. The second-order valence-corrected chi connectivity index (χ2v) is 5.68. The van der Waals surface area contributed by atoms with Crippen molar-refractivity contribution in [2.24, 2.45) is 0 Å². The van der Waals surface area contributed by atoms with Gasteiger partial charge >= 0.3 is 18.5 Å². The van der Waals surface area contributed by atoms with E-state index in [0.29, 0.717) is 0 Å². The molecule has 0 aromatic rings. The summed E-state index contributed by atoms with van der Waals surface area (Å²) in [5.41, 5.74) is 0. The van der Waals surface area contributed by atoms with E-state index in [0.717, 1.165) is 0 Å².